The van der Waals surface area contributed by atoms with Crippen LogP contribution >= 0.6 is 0 Å². The van der Waals surface area contributed by atoms with Gasteiger partial charge in [-0.15, -0.1) is 0 Å². The number of aromatic nitrogens is 2. The van der Waals surface area contributed by atoms with Crippen LogP contribution in [0.4, 0.5) is 10.2 Å². The number of nitrogen functional groups attached to an aromatic ring is 1. The van der Waals surface area contributed by atoms with Gasteiger partial charge in [-0.05, 0) is 19.1 Å². The number of hydrogen-bond donors (Lipinski definition) is 1. The van der Waals surface area contributed by atoms with E-state index in [1.54, 1.807) is 16.8 Å². The highest BCUT2D eigenvalue weighted by Crippen LogP contribution is 2.22. The van der Waals surface area contributed by atoms with E-state index >= 15 is 0 Å². The van der Waals surface area contributed by atoms with E-state index in [-0.39, 0.29) is 5.82 Å². The molecular formula is C9H10FN3. The third-order valence-corrected chi connectivity index (χ3v) is 2.06. The molecule has 0 bridgehead atoms. The molecule has 0 amide bonds. The fraction of sp³-hybridized carbons (Fsp3) is 0.222. The first kappa shape index (κ1) is 8.04. The van der Waals surface area contributed by atoms with Crippen LogP contribution in [0.3, 0.4) is 0 Å². The van der Waals surface area contributed by atoms with E-state index in [0.29, 0.717) is 23.3 Å². The van der Waals surface area contributed by atoms with E-state index in [1.807, 2.05) is 6.92 Å². The summed E-state index contributed by atoms with van der Waals surface area (Å²) in [5.74, 6) is 0.202. The van der Waals surface area contributed by atoms with Crippen LogP contribution in [0.1, 0.15) is 6.92 Å². The number of benzene rings is 1. The molecule has 3 nitrogen and oxygen atoms in total. The summed E-state index contributed by atoms with van der Waals surface area (Å²) < 4.78 is 14.8. The standard InChI is InChI=1S/C9H10FN3/c1-2-13-9(11)6-4-3-5-7(10)8(6)12-13/h3-5H,2,11H2,1H3. The van der Waals surface area contributed by atoms with Gasteiger partial charge in [0.05, 0.1) is 0 Å². The monoisotopic (exact) mass is 179 g/mol. The molecule has 4 heteroatoms. The first-order chi connectivity index (χ1) is 6.24. The number of nitrogens with zero attached hydrogens (tertiary/aromatic N) is 2. The van der Waals surface area contributed by atoms with Crippen molar-refractivity contribution in [1.29, 1.82) is 0 Å². The number of hydrogen-bond acceptors (Lipinski definition) is 2. The Labute approximate surface area is 75.0 Å². The van der Waals surface area contributed by atoms with Crippen molar-refractivity contribution >= 4 is 16.7 Å². The van der Waals surface area contributed by atoms with Crippen molar-refractivity contribution in [2.75, 3.05) is 5.73 Å². The van der Waals surface area contributed by atoms with Crippen LogP contribution < -0.4 is 5.73 Å². The number of aryl methyl sites for hydroxylation is 1. The molecule has 1 aromatic heterocycles. The van der Waals surface area contributed by atoms with E-state index in [9.17, 15) is 4.39 Å². The molecule has 0 radical (unpaired) electrons. The molecule has 0 unspecified atom stereocenters. The summed E-state index contributed by atoms with van der Waals surface area (Å²) in [6.07, 6.45) is 0. The van der Waals surface area contributed by atoms with Crippen molar-refractivity contribution in [2.24, 2.45) is 0 Å². The largest absolute Gasteiger partial charge is 0.383 e. The average molecular weight is 179 g/mol. The molecule has 0 aliphatic carbocycles. The maximum absolute atomic E-state index is 13.2. The van der Waals surface area contributed by atoms with Gasteiger partial charge in [0.15, 0.2) is 5.82 Å². The highest BCUT2D eigenvalue weighted by Gasteiger charge is 2.09. The molecule has 0 saturated heterocycles. The molecule has 2 N–H and O–H groups in total. The van der Waals surface area contributed by atoms with Crippen molar-refractivity contribution in [2.45, 2.75) is 13.5 Å². The van der Waals surface area contributed by atoms with Gasteiger partial charge < -0.3 is 5.73 Å². The van der Waals surface area contributed by atoms with Gasteiger partial charge >= 0.3 is 0 Å². The number of rotatable bonds is 1. The molecule has 0 aliphatic heterocycles. The van der Waals surface area contributed by atoms with Crippen LogP contribution in [-0.2, 0) is 6.54 Å². The Balaban J connectivity index is 2.83. The van der Waals surface area contributed by atoms with E-state index in [1.165, 1.54) is 6.07 Å². The molecule has 2 aromatic rings. The minimum absolute atomic E-state index is 0.323. The fourth-order valence-electron chi connectivity index (χ4n) is 1.38. The van der Waals surface area contributed by atoms with Gasteiger partial charge in [0.1, 0.15) is 11.3 Å². The van der Waals surface area contributed by atoms with Gasteiger partial charge in [0.2, 0.25) is 0 Å². The Morgan fingerprint density at radius 3 is 2.92 bits per heavy atom. The first-order valence-corrected chi connectivity index (χ1v) is 4.14. The van der Waals surface area contributed by atoms with E-state index in [2.05, 4.69) is 5.10 Å². The number of fused-ring (bicyclic) bond motifs is 1. The Morgan fingerprint density at radius 1 is 1.54 bits per heavy atom. The summed E-state index contributed by atoms with van der Waals surface area (Å²) in [6, 6.07) is 4.79. The van der Waals surface area contributed by atoms with Gasteiger partial charge in [0.25, 0.3) is 0 Å². The van der Waals surface area contributed by atoms with E-state index in [0.717, 1.165) is 0 Å². The second-order valence-corrected chi connectivity index (χ2v) is 2.84. The fourth-order valence-corrected chi connectivity index (χ4v) is 1.38. The molecule has 1 aromatic carbocycles. The van der Waals surface area contributed by atoms with Crippen molar-refractivity contribution in [3.8, 4) is 0 Å². The lowest BCUT2D eigenvalue weighted by Gasteiger charge is -1.96. The Morgan fingerprint density at radius 2 is 2.31 bits per heavy atom. The smallest absolute Gasteiger partial charge is 0.151 e. The van der Waals surface area contributed by atoms with Gasteiger partial charge in [-0.2, -0.15) is 5.10 Å². The SMILES string of the molecule is CCn1nc2c(F)cccc2c1N. The Kier molecular flexibility index (Phi) is 1.69. The lowest BCUT2D eigenvalue weighted by Crippen LogP contribution is -2.01. The van der Waals surface area contributed by atoms with Crippen LogP contribution in [0.5, 0.6) is 0 Å². The third kappa shape index (κ3) is 1.06. The van der Waals surface area contributed by atoms with Crippen LogP contribution in [0, 0.1) is 5.82 Å². The van der Waals surface area contributed by atoms with Gasteiger partial charge in [-0.3, -0.25) is 0 Å². The summed E-state index contributed by atoms with van der Waals surface area (Å²) in [5.41, 5.74) is 6.10. The average Bonchev–Trinajstić information content (AvgIpc) is 2.45. The normalized spacial score (nSPS) is 10.9. The maximum Gasteiger partial charge on any atom is 0.151 e. The molecule has 0 fully saturated rings. The van der Waals surface area contributed by atoms with E-state index in [4.69, 9.17) is 5.73 Å². The molecular weight excluding hydrogens is 169 g/mol. The summed E-state index contributed by atoms with van der Waals surface area (Å²) in [6.45, 7) is 2.57. The number of nitrogens with two attached hydrogens (primary N) is 1. The molecule has 1 heterocycles. The van der Waals surface area contributed by atoms with Crippen LogP contribution in [0.25, 0.3) is 10.9 Å². The number of halogens is 1. The van der Waals surface area contributed by atoms with E-state index < -0.39 is 0 Å². The highest BCUT2D eigenvalue weighted by atomic mass is 19.1. The zero-order valence-electron chi connectivity index (χ0n) is 7.29. The van der Waals surface area contributed by atoms with Crippen molar-refractivity contribution in [3.63, 3.8) is 0 Å². The van der Waals surface area contributed by atoms with Crippen LogP contribution in [-0.4, -0.2) is 9.78 Å². The van der Waals surface area contributed by atoms with Crippen molar-refractivity contribution < 1.29 is 4.39 Å². The third-order valence-electron chi connectivity index (χ3n) is 2.06. The first-order valence-electron chi connectivity index (χ1n) is 4.14. The zero-order valence-corrected chi connectivity index (χ0v) is 7.29. The summed E-state index contributed by atoms with van der Waals surface area (Å²) in [7, 11) is 0. The lowest BCUT2D eigenvalue weighted by atomic mass is 10.2. The molecule has 2 rings (SSSR count). The van der Waals surface area contributed by atoms with Crippen molar-refractivity contribution in [1.82, 2.24) is 9.78 Å². The minimum atomic E-state index is -0.323. The van der Waals surface area contributed by atoms with Gasteiger partial charge in [-0.1, -0.05) is 6.07 Å². The van der Waals surface area contributed by atoms with Gasteiger partial charge in [0, 0.05) is 11.9 Å². The molecule has 68 valence electrons. The second-order valence-electron chi connectivity index (χ2n) is 2.84. The molecule has 0 atom stereocenters. The Bertz CT molecular complexity index is 447. The summed E-state index contributed by atoms with van der Waals surface area (Å²) in [5, 5.41) is 4.73. The molecule has 0 aliphatic rings. The predicted molar refractivity (Wildman–Crippen MR) is 49.8 cm³/mol. The second kappa shape index (κ2) is 2.73. The highest BCUT2D eigenvalue weighted by molar-refractivity contribution is 5.89. The summed E-state index contributed by atoms with van der Waals surface area (Å²) in [4.78, 5) is 0. The van der Waals surface area contributed by atoms with Crippen LogP contribution in [0.2, 0.25) is 0 Å². The molecule has 0 spiro atoms. The predicted octanol–water partition coefficient (Wildman–Crippen LogP) is 1.78. The van der Waals surface area contributed by atoms with Crippen molar-refractivity contribution in [3.05, 3.63) is 24.0 Å². The maximum atomic E-state index is 13.2. The lowest BCUT2D eigenvalue weighted by molar-refractivity contribution is 0.625. The minimum Gasteiger partial charge on any atom is -0.383 e. The quantitative estimate of drug-likeness (QED) is 0.725. The topological polar surface area (TPSA) is 43.8 Å². The summed E-state index contributed by atoms with van der Waals surface area (Å²) >= 11 is 0. The number of anilines is 1. The Hall–Kier alpha value is -1.58. The van der Waals surface area contributed by atoms with Crippen LogP contribution in [0.15, 0.2) is 18.2 Å². The molecule has 0 saturated carbocycles. The van der Waals surface area contributed by atoms with Gasteiger partial charge in [-0.25, -0.2) is 9.07 Å². The zero-order chi connectivity index (χ0) is 9.42. The molecule has 13 heavy (non-hydrogen) atoms.